The third-order valence-corrected chi connectivity index (χ3v) is 4.30. The number of methoxy groups -OCH3 is 1. The zero-order valence-electron chi connectivity index (χ0n) is 14.6. The fourth-order valence-corrected chi connectivity index (χ4v) is 2.66. The van der Waals surface area contributed by atoms with Crippen LogP contribution in [0, 0.1) is 20.8 Å². The Kier molecular flexibility index (Phi) is 5.43. The molecular weight excluding hydrogens is 286 g/mol. The fraction of sp³-hybridized carbons (Fsp3) is 0.350. The second-order valence-electron chi connectivity index (χ2n) is 5.96. The predicted molar refractivity (Wildman–Crippen MR) is 94.1 cm³/mol. The Morgan fingerprint density at radius 1 is 1.04 bits per heavy atom. The third kappa shape index (κ3) is 3.92. The van der Waals surface area contributed by atoms with E-state index in [4.69, 9.17) is 4.74 Å². The molecule has 0 aromatic heterocycles. The van der Waals surface area contributed by atoms with Crippen LogP contribution in [-0.2, 0) is 0 Å². The Morgan fingerprint density at radius 3 is 2.35 bits per heavy atom. The summed E-state index contributed by atoms with van der Waals surface area (Å²) in [4.78, 5) is 12.5. The van der Waals surface area contributed by atoms with Crippen LogP contribution < -0.4 is 10.1 Å². The first-order valence-corrected chi connectivity index (χ1v) is 7.99. The Balaban J connectivity index is 2.19. The molecule has 0 saturated heterocycles. The van der Waals surface area contributed by atoms with E-state index in [2.05, 4.69) is 18.3 Å². The van der Waals surface area contributed by atoms with Crippen molar-refractivity contribution in [2.24, 2.45) is 0 Å². The average molecular weight is 311 g/mol. The summed E-state index contributed by atoms with van der Waals surface area (Å²) in [5, 5.41) is 3.13. The van der Waals surface area contributed by atoms with Gasteiger partial charge in [-0.3, -0.25) is 4.79 Å². The lowest BCUT2D eigenvalue weighted by Crippen LogP contribution is -2.28. The van der Waals surface area contributed by atoms with Crippen LogP contribution in [0.3, 0.4) is 0 Å². The minimum absolute atomic E-state index is 0.00582. The summed E-state index contributed by atoms with van der Waals surface area (Å²) in [5.41, 5.74) is 5.20. The van der Waals surface area contributed by atoms with Crippen molar-refractivity contribution >= 4 is 5.91 Å². The fourth-order valence-electron chi connectivity index (χ4n) is 2.66. The van der Waals surface area contributed by atoms with E-state index >= 15 is 0 Å². The van der Waals surface area contributed by atoms with Crippen molar-refractivity contribution in [1.82, 2.24) is 5.32 Å². The van der Waals surface area contributed by atoms with Gasteiger partial charge in [-0.2, -0.15) is 0 Å². The highest BCUT2D eigenvalue weighted by Gasteiger charge is 2.15. The van der Waals surface area contributed by atoms with Crippen molar-refractivity contribution in [2.45, 2.75) is 40.2 Å². The number of hydrogen-bond acceptors (Lipinski definition) is 2. The van der Waals surface area contributed by atoms with Gasteiger partial charge in [0.15, 0.2) is 0 Å². The van der Waals surface area contributed by atoms with E-state index in [1.54, 1.807) is 7.11 Å². The van der Waals surface area contributed by atoms with E-state index in [-0.39, 0.29) is 11.9 Å². The van der Waals surface area contributed by atoms with Crippen LogP contribution in [0.2, 0.25) is 0 Å². The Bertz CT molecular complexity index is 707. The Labute approximate surface area is 138 Å². The van der Waals surface area contributed by atoms with E-state index < -0.39 is 0 Å². The summed E-state index contributed by atoms with van der Waals surface area (Å²) in [6.45, 7) is 8.16. The number of rotatable bonds is 5. The smallest absolute Gasteiger partial charge is 0.251 e. The number of ether oxygens (including phenoxy) is 1. The van der Waals surface area contributed by atoms with Crippen molar-refractivity contribution < 1.29 is 9.53 Å². The maximum atomic E-state index is 12.5. The van der Waals surface area contributed by atoms with E-state index in [9.17, 15) is 4.79 Å². The summed E-state index contributed by atoms with van der Waals surface area (Å²) in [6, 6.07) is 11.8. The van der Waals surface area contributed by atoms with Crippen molar-refractivity contribution in [2.75, 3.05) is 7.11 Å². The normalized spacial score (nSPS) is 11.9. The van der Waals surface area contributed by atoms with Gasteiger partial charge in [-0.25, -0.2) is 0 Å². The van der Waals surface area contributed by atoms with Gasteiger partial charge in [0.2, 0.25) is 0 Å². The van der Waals surface area contributed by atoms with Gasteiger partial charge in [-0.1, -0.05) is 25.1 Å². The van der Waals surface area contributed by atoms with Crippen LogP contribution >= 0.6 is 0 Å². The molecule has 1 amide bonds. The summed E-state index contributed by atoms with van der Waals surface area (Å²) < 4.78 is 5.30. The Hall–Kier alpha value is -2.29. The second-order valence-corrected chi connectivity index (χ2v) is 5.96. The van der Waals surface area contributed by atoms with Crippen LogP contribution in [-0.4, -0.2) is 13.0 Å². The molecule has 0 aliphatic heterocycles. The van der Waals surface area contributed by atoms with Gasteiger partial charge in [-0.05, 0) is 67.6 Å². The van der Waals surface area contributed by atoms with Crippen molar-refractivity contribution in [3.05, 3.63) is 64.2 Å². The predicted octanol–water partition coefficient (Wildman–Crippen LogP) is 4.50. The lowest BCUT2D eigenvalue weighted by atomic mass is 10.0. The number of nitrogens with one attached hydrogen (secondary N) is 1. The lowest BCUT2D eigenvalue weighted by molar-refractivity contribution is 0.0935. The first-order chi connectivity index (χ1) is 11.0. The van der Waals surface area contributed by atoms with Crippen LogP contribution in [0.25, 0.3) is 0 Å². The zero-order chi connectivity index (χ0) is 17.0. The highest BCUT2D eigenvalue weighted by molar-refractivity contribution is 5.94. The van der Waals surface area contributed by atoms with Gasteiger partial charge in [-0.15, -0.1) is 0 Å². The minimum Gasteiger partial charge on any atom is -0.496 e. The molecule has 122 valence electrons. The number of carbonyl (C=O) groups excluding carboxylic acids is 1. The number of amides is 1. The Morgan fingerprint density at radius 2 is 1.78 bits per heavy atom. The summed E-state index contributed by atoms with van der Waals surface area (Å²) in [7, 11) is 1.67. The van der Waals surface area contributed by atoms with Crippen molar-refractivity contribution in [1.29, 1.82) is 0 Å². The van der Waals surface area contributed by atoms with Crippen LogP contribution in [0.15, 0.2) is 36.4 Å². The van der Waals surface area contributed by atoms with Crippen LogP contribution in [0.1, 0.15) is 52.0 Å². The SMILES string of the molecule is CC[C@H](NC(=O)c1ccc(C)c(C)c1)c1ccc(OC)c(C)c1. The van der Waals surface area contributed by atoms with E-state index in [1.165, 1.54) is 5.56 Å². The van der Waals surface area contributed by atoms with E-state index in [1.807, 2.05) is 51.1 Å². The molecule has 0 heterocycles. The molecule has 1 atom stereocenters. The quantitative estimate of drug-likeness (QED) is 0.883. The molecule has 0 spiro atoms. The van der Waals surface area contributed by atoms with Gasteiger partial charge in [0.05, 0.1) is 13.2 Å². The summed E-state index contributed by atoms with van der Waals surface area (Å²) in [6.07, 6.45) is 0.836. The number of benzene rings is 2. The van der Waals surface area contributed by atoms with Crippen molar-refractivity contribution in [3.63, 3.8) is 0 Å². The second kappa shape index (κ2) is 7.32. The van der Waals surface area contributed by atoms with Crippen LogP contribution in [0.5, 0.6) is 5.75 Å². The van der Waals surface area contributed by atoms with Gasteiger partial charge in [0.1, 0.15) is 5.75 Å². The summed E-state index contributed by atoms with van der Waals surface area (Å²) >= 11 is 0. The minimum atomic E-state index is -0.0339. The van der Waals surface area contributed by atoms with Gasteiger partial charge < -0.3 is 10.1 Å². The third-order valence-electron chi connectivity index (χ3n) is 4.30. The number of hydrogen-bond donors (Lipinski definition) is 1. The molecule has 0 aliphatic rings. The first kappa shape index (κ1) is 17.1. The molecule has 1 N–H and O–H groups in total. The average Bonchev–Trinajstić information content (AvgIpc) is 2.54. The number of carbonyl (C=O) groups is 1. The van der Waals surface area contributed by atoms with Gasteiger partial charge >= 0.3 is 0 Å². The largest absolute Gasteiger partial charge is 0.496 e. The maximum Gasteiger partial charge on any atom is 0.251 e. The van der Waals surface area contributed by atoms with E-state index in [0.717, 1.165) is 28.9 Å². The van der Waals surface area contributed by atoms with Gasteiger partial charge in [0, 0.05) is 5.56 Å². The van der Waals surface area contributed by atoms with Gasteiger partial charge in [0.25, 0.3) is 5.91 Å². The lowest BCUT2D eigenvalue weighted by Gasteiger charge is -2.19. The molecule has 2 rings (SSSR count). The van der Waals surface area contributed by atoms with E-state index in [0.29, 0.717) is 5.56 Å². The molecule has 2 aromatic carbocycles. The molecule has 0 radical (unpaired) electrons. The molecule has 3 heteroatoms. The summed E-state index contributed by atoms with van der Waals surface area (Å²) in [5.74, 6) is 0.831. The molecule has 0 bridgehead atoms. The highest BCUT2D eigenvalue weighted by Crippen LogP contribution is 2.24. The monoisotopic (exact) mass is 311 g/mol. The molecule has 0 unspecified atom stereocenters. The molecule has 23 heavy (non-hydrogen) atoms. The first-order valence-electron chi connectivity index (χ1n) is 7.99. The number of aryl methyl sites for hydroxylation is 3. The molecule has 0 saturated carbocycles. The van der Waals surface area contributed by atoms with Crippen molar-refractivity contribution in [3.8, 4) is 5.75 Å². The molecule has 3 nitrogen and oxygen atoms in total. The molecular formula is C20H25NO2. The topological polar surface area (TPSA) is 38.3 Å². The standard InChI is InChI=1S/C20H25NO2/c1-6-18(16-9-10-19(23-5)15(4)12-16)21-20(22)17-8-7-13(2)14(3)11-17/h7-12,18H,6H2,1-5H3,(H,21,22)/t18-/m0/s1. The molecule has 2 aromatic rings. The highest BCUT2D eigenvalue weighted by atomic mass is 16.5. The zero-order valence-corrected chi connectivity index (χ0v) is 14.6. The maximum absolute atomic E-state index is 12.5. The molecule has 0 fully saturated rings. The van der Waals surface area contributed by atoms with Crippen LogP contribution in [0.4, 0.5) is 0 Å². The molecule has 0 aliphatic carbocycles.